The van der Waals surface area contributed by atoms with Crippen molar-refractivity contribution in [3.63, 3.8) is 0 Å². The lowest BCUT2D eigenvalue weighted by Gasteiger charge is -2.32. The van der Waals surface area contributed by atoms with E-state index in [0.717, 1.165) is 37.4 Å². The fraction of sp³-hybridized carbons (Fsp3) is 0.316. The highest BCUT2D eigenvalue weighted by molar-refractivity contribution is 6.33. The van der Waals surface area contributed by atoms with Crippen LogP contribution in [0.2, 0.25) is 5.02 Å². The van der Waals surface area contributed by atoms with E-state index in [4.69, 9.17) is 16.3 Å². The second-order valence-corrected chi connectivity index (χ2v) is 6.35. The second kappa shape index (κ2) is 7.34. The zero-order chi connectivity index (χ0) is 17.1. The van der Waals surface area contributed by atoms with Gasteiger partial charge in [0, 0.05) is 19.1 Å². The van der Waals surface area contributed by atoms with Gasteiger partial charge in [0.05, 0.1) is 23.8 Å². The molecular weight excluding hydrogens is 326 g/mol. The Balaban J connectivity index is 1.81. The molecule has 0 radical (unpaired) electrons. The number of rotatable bonds is 4. The summed E-state index contributed by atoms with van der Waals surface area (Å²) < 4.78 is 5.40. The van der Waals surface area contributed by atoms with Gasteiger partial charge in [-0.1, -0.05) is 41.9 Å². The molecule has 1 N–H and O–H groups in total. The van der Waals surface area contributed by atoms with E-state index in [1.54, 1.807) is 12.1 Å². The summed E-state index contributed by atoms with van der Waals surface area (Å²) in [6.07, 6.45) is 0. The maximum absolute atomic E-state index is 11.2. The summed E-state index contributed by atoms with van der Waals surface area (Å²) in [6, 6.07) is 13.7. The first-order chi connectivity index (χ1) is 11.6. The SMILES string of the molecule is CC(c1ccc(-c2ccc(Cl)c(C(=O)O)c2)cc1)N1CCOCC1. The molecule has 3 rings (SSSR count). The van der Waals surface area contributed by atoms with Crippen molar-refractivity contribution >= 4 is 17.6 Å². The van der Waals surface area contributed by atoms with Gasteiger partial charge in [-0.3, -0.25) is 4.90 Å². The fourth-order valence-electron chi connectivity index (χ4n) is 3.00. The molecule has 0 aromatic heterocycles. The van der Waals surface area contributed by atoms with Crippen LogP contribution in [0.3, 0.4) is 0 Å². The molecule has 1 fully saturated rings. The minimum atomic E-state index is -1.01. The Morgan fingerprint density at radius 2 is 1.75 bits per heavy atom. The van der Waals surface area contributed by atoms with E-state index < -0.39 is 5.97 Å². The highest BCUT2D eigenvalue weighted by atomic mass is 35.5. The number of morpholine rings is 1. The lowest BCUT2D eigenvalue weighted by Crippen LogP contribution is -2.37. The van der Waals surface area contributed by atoms with E-state index in [1.807, 2.05) is 18.2 Å². The molecule has 4 nitrogen and oxygen atoms in total. The van der Waals surface area contributed by atoms with Crippen LogP contribution in [0.15, 0.2) is 42.5 Å². The maximum Gasteiger partial charge on any atom is 0.337 e. The summed E-state index contributed by atoms with van der Waals surface area (Å²) in [4.78, 5) is 13.6. The van der Waals surface area contributed by atoms with Gasteiger partial charge in [0.2, 0.25) is 0 Å². The van der Waals surface area contributed by atoms with Crippen molar-refractivity contribution in [2.24, 2.45) is 0 Å². The smallest absolute Gasteiger partial charge is 0.337 e. The zero-order valence-electron chi connectivity index (χ0n) is 13.5. The lowest BCUT2D eigenvalue weighted by molar-refractivity contribution is 0.0198. The molecule has 1 aliphatic heterocycles. The van der Waals surface area contributed by atoms with Crippen molar-refractivity contribution in [1.29, 1.82) is 0 Å². The van der Waals surface area contributed by atoms with E-state index in [9.17, 15) is 9.90 Å². The van der Waals surface area contributed by atoms with Crippen LogP contribution in [0.1, 0.15) is 28.9 Å². The first-order valence-electron chi connectivity index (χ1n) is 8.01. The van der Waals surface area contributed by atoms with Crippen LogP contribution < -0.4 is 0 Å². The molecule has 2 aromatic rings. The molecule has 5 heteroatoms. The van der Waals surface area contributed by atoms with Crippen molar-refractivity contribution in [1.82, 2.24) is 4.90 Å². The third kappa shape index (κ3) is 3.61. The standard InChI is InChI=1S/C19H20ClNO3/c1-13(21-8-10-24-11-9-21)14-2-4-15(5-3-14)16-6-7-18(20)17(12-16)19(22)23/h2-7,12-13H,8-11H2,1H3,(H,22,23). The third-order valence-corrected chi connectivity index (χ3v) is 4.85. The summed E-state index contributed by atoms with van der Waals surface area (Å²) in [5, 5.41) is 9.45. The highest BCUT2D eigenvalue weighted by Crippen LogP contribution is 2.28. The monoisotopic (exact) mass is 345 g/mol. The van der Waals surface area contributed by atoms with Gasteiger partial charge < -0.3 is 9.84 Å². The molecule has 0 bridgehead atoms. The molecule has 1 atom stereocenters. The number of aromatic carboxylic acids is 1. The fourth-order valence-corrected chi connectivity index (χ4v) is 3.20. The van der Waals surface area contributed by atoms with E-state index in [0.29, 0.717) is 6.04 Å². The van der Waals surface area contributed by atoms with Gasteiger partial charge in [-0.15, -0.1) is 0 Å². The number of carboxylic acid groups (broad SMARTS) is 1. The van der Waals surface area contributed by atoms with Gasteiger partial charge >= 0.3 is 5.97 Å². The second-order valence-electron chi connectivity index (χ2n) is 5.95. The predicted molar refractivity (Wildman–Crippen MR) is 94.7 cm³/mol. The van der Waals surface area contributed by atoms with Gasteiger partial charge in [0.1, 0.15) is 0 Å². The van der Waals surface area contributed by atoms with Crippen LogP contribution in [0.5, 0.6) is 0 Å². The number of nitrogens with zero attached hydrogens (tertiary/aromatic N) is 1. The van der Waals surface area contributed by atoms with Crippen molar-refractivity contribution in [2.45, 2.75) is 13.0 Å². The van der Waals surface area contributed by atoms with Crippen LogP contribution in [0.25, 0.3) is 11.1 Å². The van der Waals surface area contributed by atoms with Crippen molar-refractivity contribution in [2.75, 3.05) is 26.3 Å². The van der Waals surface area contributed by atoms with Gasteiger partial charge in [-0.05, 0) is 35.7 Å². The molecule has 2 aromatic carbocycles. The van der Waals surface area contributed by atoms with E-state index >= 15 is 0 Å². The molecule has 1 unspecified atom stereocenters. The average molecular weight is 346 g/mol. The molecule has 1 aliphatic rings. The Labute approximate surface area is 146 Å². The topological polar surface area (TPSA) is 49.8 Å². The van der Waals surface area contributed by atoms with Gasteiger partial charge in [0.15, 0.2) is 0 Å². The number of hydrogen-bond acceptors (Lipinski definition) is 3. The van der Waals surface area contributed by atoms with Crippen LogP contribution in [-0.2, 0) is 4.74 Å². The van der Waals surface area contributed by atoms with Gasteiger partial charge in [-0.2, -0.15) is 0 Å². The Kier molecular flexibility index (Phi) is 5.19. The largest absolute Gasteiger partial charge is 0.478 e. The highest BCUT2D eigenvalue weighted by Gasteiger charge is 2.18. The average Bonchev–Trinajstić information content (AvgIpc) is 2.62. The summed E-state index contributed by atoms with van der Waals surface area (Å²) in [7, 11) is 0. The minimum Gasteiger partial charge on any atom is -0.478 e. The number of carbonyl (C=O) groups is 1. The maximum atomic E-state index is 11.2. The van der Waals surface area contributed by atoms with Crippen molar-refractivity contribution in [3.8, 4) is 11.1 Å². The van der Waals surface area contributed by atoms with Crippen LogP contribution in [0, 0.1) is 0 Å². The molecule has 126 valence electrons. The minimum absolute atomic E-state index is 0.125. The Bertz CT molecular complexity index is 724. The molecule has 0 spiro atoms. The Morgan fingerprint density at radius 3 is 2.38 bits per heavy atom. The molecule has 24 heavy (non-hydrogen) atoms. The molecule has 0 amide bonds. The quantitative estimate of drug-likeness (QED) is 0.906. The summed E-state index contributed by atoms with van der Waals surface area (Å²) in [6.45, 7) is 5.66. The number of benzene rings is 2. The number of carboxylic acids is 1. The predicted octanol–water partition coefficient (Wildman–Crippen LogP) is 4.10. The molecule has 1 heterocycles. The molecular formula is C19H20ClNO3. The zero-order valence-corrected chi connectivity index (χ0v) is 14.3. The van der Waals surface area contributed by atoms with Crippen LogP contribution >= 0.6 is 11.6 Å². The van der Waals surface area contributed by atoms with Crippen molar-refractivity contribution in [3.05, 3.63) is 58.6 Å². The number of halogens is 1. The van der Waals surface area contributed by atoms with E-state index in [-0.39, 0.29) is 10.6 Å². The van der Waals surface area contributed by atoms with E-state index in [1.165, 1.54) is 5.56 Å². The third-order valence-electron chi connectivity index (χ3n) is 4.52. The Morgan fingerprint density at radius 1 is 1.12 bits per heavy atom. The van der Waals surface area contributed by atoms with Gasteiger partial charge in [-0.25, -0.2) is 4.79 Å². The molecule has 1 saturated heterocycles. The van der Waals surface area contributed by atoms with Crippen LogP contribution in [-0.4, -0.2) is 42.3 Å². The van der Waals surface area contributed by atoms with Crippen LogP contribution in [0.4, 0.5) is 0 Å². The van der Waals surface area contributed by atoms with Gasteiger partial charge in [0.25, 0.3) is 0 Å². The summed E-state index contributed by atoms with van der Waals surface area (Å²) in [5.41, 5.74) is 3.20. The normalized spacial score (nSPS) is 16.8. The lowest BCUT2D eigenvalue weighted by atomic mass is 9.99. The number of hydrogen-bond donors (Lipinski definition) is 1. The molecule has 0 saturated carbocycles. The first kappa shape index (κ1) is 17.0. The van der Waals surface area contributed by atoms with E-state index in [2.05, 4.69) is 24.0 Å². The summed E-state index contributed by atoms with van der Waals surface area (Å²) in [5.74, 6) is -1.01. The molecule has 0 aliphatic carbocycles. The van der Waals surface area contributed by atoms with Crippen molar-refractivity contribution < 1.29 is 14.6 Å². The summed E-state index contributed by atoms with van der Waals surface area (Å²) >= 11 is 5.93. The number of ether oxygens (including phenoxy) is 1. The Hall–Kier alpha value is -1.88. The first-order valence-corrected chi connectivity index (χ1v) is 8.39.